The first kappa shape index (κ1) is 17.0. The van der Waals surface area contributed by atoms with Crippen molar-refractivity contribution < 1.29 is 9.59 Å². The van der Waals surface area contributed by atoms with Crippen LogP contribution in [0.4, 0.5) is 0 Å². The number of carbonyl (C=O) groups is 2. The third kappa shape index (κ3) is 4.83. The molecular weight excluding hydrogens is 278 g/mol. The Morgan fingerprint density at radius 2 is 2.09 bits per heavy atom. The van der Waals surface area contributed by atoms with Gasteiger partial charge in [-0.3, -0.25) is 9.59 Å². The first-order valence-corrected chi connectivity index (χ1v) is 8.33. The van der Waals surface area contributed by atoms with Crippen molar-refractivity contribution >= 4 is 11.8 Å². The Hall–Kier alpha value is -1.36. The van der Waals surface area contributed by atoms with Gasteiger partial charge in [0.15, 0.2) is 0 Å². The van der Waals surface area contributed by atoms with Gasteiger partial charge in [-0.2, -0.15) is 0 Å². The molecule has 2 rings (SSSR count). The molecule has 2 atom stereocenters. The molecule has 2 aliphatic rings. The second kappa shape index (κ2) is 7.77. The Morgan fingerprint density at radius 3 is 2.68 bits per heavy atom. The summed E-state index contributed by atoms with van der Waals surface area (Å²) in [6.45, 7) is 3.86. The van der Waals surface area contributed by atoms with Gasteiger partial charge in [0.05, 0.1) is 6.04 Å². The molecule has 124 valence electrons. The molecule has 0 aromatic rings. The van der Waals surface area contributed by atoms with Gasteiger partial charge < -0.3 is 15.1 Å². The molecule has 1 N–H and O–H groups in total. The van der Waals surface area contributed by atoms with Crippen LogP contribution in [0, 0.1) is 5.92 Å². The maximum Gasteiger partial charge on any atom is 0.224 e. The molecule has 1 fully saturated rings. The van der Waals surface area contributed by atoms with Crippen LogP contribution in [-0.2, 0) is 9.59 Å². The third-order valence-electron chi connectivity index (χ3n) is 4.61. The maximum absolute atomic E-state index is 12.3. The van der Waals surface area contributed by atoms with Crippen molar-refractivity contribution in [3.63, 3.8) is 0 Å². The summed E-state index contributed by atoms with van der Waals surface area (Å²) in [4.78, 5) is 27.9. The Morgan fingerprint density at radius 1 is 1.32 bits per heavy atom. The molecule has 0 radical (unpaired) electrons. The summed E-state index contributed by atoms with van der Waals surface area (Å²) in [6, 6.07) is 0.0722. The second-order valence-electron chi connectivity index (χ2n) is 6.91. The average Bonchev–Trinajstić information content (AvgIpc) is 2.82. The van der Waals surface area contributed by atoms with Crippen LogP contribution in [0.3, 0.4) is 0 Å². The van der Waals surface area contributed by atoms with E-state index in [2.05, 4.69) is 16.3 Å². The van der Waals surface area contributed by atoms with E-state index in [1.54, 1.807) is 6.92 Å². The van der Waals surface area contributed by atoms with E-state index >= 15 is 0 Å². The summed E-state index contributed by atoms with van der Waals surface area (Å²) in [5, 5.41) is 3.17. The smallest absolute Gasteiger partial charge is 0.224 e. The van der Waals surface area contributed by atoms with Crippen LogP contribution in [0.2, 0.25) is 0 Å². The van der Waals surface area contributed by atoms with Crippen molar-refractivity contribution in [2.24, 2.45) is 5.92 Å². The fourth-order valence-corrected chi connectivity index (χ4v) is 3.48. The van der Waals surface area contributed by atoms with Gasteiger partial charge in [0.25, 0.3) is 0 Å². The number of hydrogen-bond donors (Lipinski definition) is 1. The molecule has 5 heteroatoms. The van der Waals surface area contributed by atoms with Gasteiger partial charge in [0.1, 0.15) is 0 Å². The van der Waals surface area contributed by atoms with Gasteiger partial charge in [-0.1, -0.05) is 11.6 Å². The molecule has 0 aromatic carbocycles. The molecular formula is C17H29N3O2. The predicted octanol–water partition coefficient (Wildman–Crippen LogP) is 1.40. The van der Waals surface area contributed by atoms with Gasteiger partial charge in [-0.15, -0.1) is 0 Å². The van der Waals surface area contributed by atoms with Gasteiger partial charge >= 0.3 is 0 Å². The molecule has 22 heavy (non-hydrogen) atoms. The second-order valence-corrected chi connectivity index (χ2v) is 6.91. The maximum atomic E-state index is 12.3. The number of amides is 2. The van der Waals surface area contributed by atoms with Gasteiger partial charge in [0, 0.05) is 38.9 Å². The van der Waals surface area contributed by atoms with Crippen LogP contribution >= 0.6 is 0 Å². The Kier molecular flexibility index (Phi) is 6.00. The first-order valence-electron chi connectivity index (χ1n) is 8.33. The van der Waals surface area contributed by atoms with Crippen molar-refractivity contribution in [2.75, 3.05) is 33.7 Å². The molecule has 1 aliphatic carbocycles. The normalized spacial score (nSPS) is 25.3. The van der Waals surface area contributed by atoms with Crippen molar-refractivity contribution in [3.8, 4) is 0 Å². The summed E-state index contributed by atoms with van der Waals surface area (Å²) in [6.07, 6.45) is 7.34. The van der Waals surface area contributed by atoms with Gasteiger partial charge in [-0.25, -0.2) is 0 Å². The zero-order chi connectivity index (χ0) is 16.1. The zero-order valence-electron chi connectivity index (χ0n) is 14.1. The van der Waals surface area contributed by atoms with Crippen molar-refractivity contribution in [3.05, 3.63) is 11.6 Å². The molecule has 0 bridgehead atoms. The number of hydrogen-bond acceptors (Lipinski definition) is 3. The number of rotatable bonds is 5. The third-order valence-corrected chi connectivity index (χ3v) is 4.61. The molecule has 0 saturated carbocycles. The van der Waals surface area contributed by atoms with Crippen LogP contribution in [0.1, 0.15) is 39.0 Å². The Balaban J connectivity index is 1.91. The van der Waals surface area contributed by atoms with E-state index in [1.807, 2.05) is 19.0 Å². The minimum Gasteiger partial charge on any atom is -0.351 e. The summed E-state index contributed by atoms with van der Waals surface area (Å²) < 4.78 is 0. The largest absolute Gasteiger partial charge is 0.351 e. The highest BCUT2D eigenvalue weighted by atomic mass is 16.2. The van der Waals surface area contributed by atoms with Crippen LogP contribution < -0.4 is 5.32 Å². The lowest BCUT2D eigenvalue weighted by Crippen LogP contribution is -2.43. The molecule has 0 spiro atoms. The van der Waals surface area contributed by atoms with Crippen LogP contribution in [0.15, 0.2) is 11.6 Å². The van der Waals surface area contributed by atoms with Crippen LogP contribution in [-0.4, -0.2) is 61.4 Å². The molecule has 5 nitrogen and oxygen atoms in total. The van der Waals surface area contributed by atoms with E-state index in [4.69, 9.17) is 0 Å². The van der Waals surface area contributed by atoms with E-state index in [-0.39, 0.29) is 17.9 Å². The summed E-state index contributed by atoms with van der Waals surface area (Å²) in [5.74, 6) is 0.506. The lowest BCUT2D eigenvalue weighted by molar-refractivity contribution is -0.128. The van der Waals surface area contributed by atoms with Gasteiger partial charge in [-0.05, 0) is 39.8 Å². The van der Waals surface area contributed by atoms with E-state index in [0.717, 1.165) is 25.9 Å². The summed E-state index contributed by atoms with van der Waals surface area (Å²) >= 11 is 0. The van der Waals surface area contributed by atoms with Gasteiger partial charge in [0.2, 0.25) is 11.8 Å². The number of nitrogens with zero attached hydrogens (tertiary/aromatic N) is 2. The number of carbonyl (C=O) groups excluding carboxylic acids is 2. The topological polar surface area (TPSA) is 52.7 Å². The number of likely N-dealkylation sites (tertiary alicyclic amines) is 1. The van der Waals surface area contributed by atoms with Crippen molar-refractivity contribution in [1.82, 2.24) is 15.1 Å². The average molecular weight is 307 g/mol. The lowest BCUT2D eigenvalue weighted by Gasteiger charge is -2.23. The van der Waals surface area contributed by atoms with E-state index in [0.29, 0.717) is 18.9 Å². The van der Waals surface area contributed by atoms with Crippen molar-refractivity contribution in [1.29, 1.82) is 0 Å². The molecule has 0 aromatic heterocycles. The number of allylic oxidation sites excluding steroid dienone is 1. The zero-order valence-corrected chi connectivity index (χ0v) is 14.1. The summed E-state index contributed by atoms with van der Waals surface area (Å²) in [7, 11) is 4.06. The molecule has 2 amide bonds. The minimum atomic E-state index is 0.0722. The number of nitrogens with one attached hydrogen (secondary N) is 1. The highest BCUT2D eigenvalue weighted by molar-refractivity contribution is 5.79. The Labute approximate surface area is 133 Å². The monoisotopic (exact) mass is 307 g/mol. The highest BCUT2D eigenvalue weighted by Crippen LogP contribution is 2.21. The standard InChI is InChI=1S/C17H29N3O2/c1-13(21)20-11-15(10-19(2)3)16(12-20)18-17(22)9-14-7-5-4-6-8-14/h7,15-16H,4-6,8-12H2,1-3H3,(H,18,22)/t15-,16-/m1/s1. The predicted molar refractivity (Wildman–Crippen MR) is 87.4 cm³/mol. The van der Waals surface area contributed by atoms with E-state index in [9.17, 15) is 9.59 Å². The highest BCUT2D eigenvalue weighted by Gasteiger charge is 2.35. The fourth-order valence-electron chi connectivity index (χ4n) is 3.48. The minimum absolute atomic E-state index is 0.0722. The van der Waals surface area contributed by atoms with E-state index < -0.39 is 0 Å². The molecule has 0 unspecified atom stereocenters. The van der Waals surface area contributed by atoms with E-state index in [1.165, 1.54) is 18.4 Å². The lowest BCUT2D eigenvalue weighted by atomic mass is 9.96. The molecule has 1 heterocycles. The van der Waals surface area contributed by atoms with Crippen molar-refractivity contribution in [2.45, 2.75) is 45.1 Å². The molecule has 1 aliphatic heterocycles. The first-order chi connectivity index (χ1) is 10.5. The Bertz CT molecular complexity index is 445. The summed E-state index contributed by atoms with van der Waals surface area (Å²) in [5.41, 5.74) is 1.27. The van der Waals surface area contributed by atoms with Crippen LogP contribution in [0.5, 0.6) is 0 Å². The SMILES string of the molecule is CC(=O)N1C[C@@H](CN(C)C)[C@H](NC(=O)CC2=CCCCC2)C1. The quantitative estimate of drug-likeness (QED) is 0.781. The molecule has 1 saturated heterocycles. The fraction of sp³-hybridized carbons (Fsp3) is 0.765. The van der Waals surface area contributed by atoms with Crippen LogP contribution in [0.25, 0.3) is 0 Å².